The summed E-state index contributed by atoms with van der Waals surface area (Å²) in [5.41, 5.74) is 0.998. The maximum atomic E-state index is 12.4. The first-order chi connectivity index (χ1) is 9.65. The number of aromatic amines is 2. The first-order valence-electron chi connectivity index (χ1n) is 6.51. The van der Waals surface area contributed by atoms with Crippen molar-refractivity contribution < 1.29 is 4.79 Å². The molecule has 0 aliphatic carbocycles. The number of H-pyrrole nitrogens is 2. The van der Waals surface area contributed by atoms with Crippen molar-refractivity contribution in [3.05, 3.63) is 45.9 Å². The van der Waals surface area contributed by atoms with Crippen molar-refractivity contribution in [2.45, 2.75) is 31.1 Å². The van der Waals surface area contributed by atoms with E-state index in [1.54, 1.807) is 24.0 Å². The summed E-state index contributed by atoms with van der Waals surface area (Å²) in [6.07, 6.45) is 6.15. The first-order valence-corrected chi connectivity index (χ1v) is 7.74. The van der Waals surface area contributed by atoms with Gasteiger partial charge in [-0.1, -0.05) is 13.3 Å². The molecule has 0 spiro atoms. The van der Waals surface area contributed by atoms with Gasteiger partial charge >= 0.3 is 5.69 Å². The summed E-state index contributed by atoms with van der Waals surface area (Å²) in [5, 5.41) is 0. The number of hydrogen-bond acceptors (Lipinski definition) is 4. The van der Waals surface area contributed by atoms with Crippen LogP contribution in [0.15, 0.2) is 28.0 Å². The van der Waals surface area contributed by atoms with E-state index in [1.165, 1.54) is 0 Å². The fourth-order valence-corrected chi connectivity index (χ4v) is 2.37. The molecule has 0 fully saturated rings. The Bertz CT molecular complexity index is 660. The van der Waals surface area contributed by atoms with Gasteiger partial charge < -0.3 is 9.97 Å². The van der Waals surface area contributed by atoms with Crippen molar-refractivity contribution in [3.8, 4) is 0 Å². The highest BCUT2D eigenvalue weighted by molar-refractivity contribution is 7.98. The molecule has 2 aromatic heterocycles. The quantitative estimate of drug-likeness (QED) is 0.632. The number of nitrogens with one attached hydrogen (secondary N) is 2. The van der Waals surface area contributed by atoms with Crippen LogP contribution in [0, 0.1) is 0 Å². The molecule has 6 heteroatoms. The van der Waals surface area contributed by atoms with Gasteiger partial charge in [-0.3, -0.25) is 9.78 Å². The standard InChI is InChI=1S/C14H17N3O2S/c1-3-4-5-10-12(17-14(19)16-10)13(18)11-8-9(20-2)6-7-15-11/h6-8H,3-5H2,1-2H3,(H2,16,17,19). The number of carbonyl (C=O) groups is 1. The number of imidazole rings is 1. The minimum Gasteiger partial charge on any atom is -0.309 e. The van der Waals surface area contributed by atoms with Crippen LogP contribution >= 0.6 is 11.8 Å². The largest absolute Gasteiger partial charge is 0.323 e. The Labute approximate surface area is 121 Å². The third kappa shape index (κ3) is 3.19. The lowest BCUT2D eigenvalue weighted by Gasteiger charge is -2.03. The molecule has 2 aromatic rings. The topological polar surface area (TPSA) is 78.6 Å². The molecule has 5 nitrogen and oxygen atoms in total. The molecule has 2 N–H and O–H groups in total. The molecule has 0 saturated heterocycles. The van der Waals surface area contributed by atoms with Crippen molar-refractivity contribution in [1.82, 2.24) is 15.0 Å². The van der Waals surface area contributed by atoms with E-state index in [2.05, 4.69) is 21.9 Å². The first kappa shape index (κ1) is 14.6. The zero-order valence-electron chi connectivity index (χ0n) is 11.5. The zero-order chi connectivity index (χ0) is 14.5. The summed E-state index contributed by atoms with van der Waals surface area (Å²) in [5.74, 6) is -0.245. The summed E-state index contributed by atoms with van der Waals surface area (Å²) in [6, 6.07) is 3.58. The molecule has 0 saturated carbocycles. The molecule has 0 aliphatic rings. The van der Waals surface area contributed by atoms with E-state index in [0.29, 0.717) is 23.5 Å². The number of pyridine rings is 1. The van der Waals surface area contributed by atoms with Crippen LogP contribution in [0.4, 0.5) is 0 Å². The van der Waals surface area contributed by atoms with E-state index in [1.807, 2.05) is 12.3 Å². The summed E-state index contributed by atoms with van der Waals surface area (Å²) in [6.45, 7) is 2.07. The lowest BCUT2D eigenvalue weighted by molar-refractivity contribution is 0.102. The van der Waals surface area contributed by atoms with E-state index in [9.17, 15) is 9.59 Å². The second-order valence-corrected chi connectivity index (χ2v) is 5.33. The molecule has 0 atom stereocenters. The Morgan fingerprint density at radius 1 is 1.40 bits per heavy atom. The molecule has 0 aliphatic heterocycles. The predicted octanol–water partition coefficient (Wildman–Crippen LogP) is 2.39. The van der Waals surface area contributed by atoms with E-state index < -0.39 is 0 Å². The molecule has 0 unspecified atom stereocenters. The molecule has 0 radical (unpaired) electrons. The summed E-state index contributed by atoms with van der Waals surface area (Å²) in [7, 11) is 0. The van der Waals surface area contributed by atoms with Gasteiger partial charge in [-0.15, -0.1) is 11.8 Å². The number of aromatic nitrogens is 3. The van der Waals surface area contributed by atoms with Crippen LogP contribution in [0.5, 0.6) is 0 Å². The monoisotopic (exact) mass is 291 g/mol. The second-order valence-electron chi connectivity index (χ2n) is 4.45. The van der Waals surface area contributed by atoms with Crippen molar-refractivity contribution in [1.29, 1.82) is 0 Å². The Morgan fingerprint density at radius 3 is 2.90 bits per heavy atom. The number of aryl methyl sites for hydroxylation is 1. The number of nitrogens with zero attached hydrogens (tertiary/aromatic N) is 1. The second kappa shape index (κ2) is 6.56. The van der Waals surface area contributed by atoms with E-state index >= 15 is 0 Å². The van der Waals surface area contributed by atoms with Crippen LogP contribution in [0.2, 0.25) is 0 Å². The minimum absolute atomic E-state index is 0.245. The van der Waals surface area contributed by atoms with Gasteiger partial charge in [0.25, 0.3) is 0 Å². The number of rotatable bonds is 6. The molecule has 0 bridgehead atoms. The molecule has 0 aromatic carbocycles. The van der Waals surface area contributed by atoms with Crippen LogP contribution < -0.4 is 5.69 Å². The SMILES string of the molecule is CCCCc1[nH]c(=O)[nH]c1C(=O)c1cc(SC)ccn1. The van der Waals surface area contributed by atoms with Gasteiger partial charge in [0.05, 0.1) is 0 Å². The van der Waals surface area contributed by atoms with E-state index in [4.69, 9.17) is 0 Å². The fourth-order valence-electron chi connectivity index (χ4n) is 1.95. The predicted molar refractivity (Wildman–Crippen MR) is 79.5 cm³/mol. The third-order valence-corrected chi connectivity index (χ3v) is 3.74. The molecule has 2 heterocycles. The number of thioether (sulfide) groups is 1. The molecule has 20 heavy (non-hydrogen) atoms. The third-order valence-electron chi connectivity index (χ3n) is 3.01. The Morgan fingerprint density at radius 2 is 2.20 bits per heavy atom. The van der Waals surface area contributed by atoms with Gasteiger partial charge in [0, 0.05) is 16.8 Å². The van der Waals surface area contributed by atoms with Gasteiger partial charge in [0.1, 0.15) is 11.4 Å². The molecule has 0 amide bonds. The van der Waals surface area contributed by atoms with Crippen LogP contribution in [0.1, 0.15) is 41.6 Å². The van der Waals surface area contributed by atoms with Crippen molar-refractivity contribution >= 4 is 17.5 Å². The van der Waals surface area contributed by atoms with Gasteiger partial charge in [-0.05, 0) is 31.2 Å². The average molecular weight is 291 g/mol. The lowest BCUT2D eigenvalue weighted by Crippen LogP contribution is -2.09. The Hall–Kier alpha value is -1.82. The Kier molecular flexibility index (Phi) is 4.79. The summed E-state index contributed by atoms with van der Waals surface area (Å²) < 4.78 is 0. The smallest absolute Gasteiger partial charge is 0.309 e. The van der Waals surface area contributed by atoms with Gasteiger partial charge in [-0.2, -0.15) is 0 Å². The highest BCUT2D eigenvalue weighted by Gasteiger charge is 2.18. The van der Waals surface area contributed by atoms with Crippen molar-refractivity contribution in [2.24, 2.45) is 0 Å². The van der Waals surface area contributed by atoms with Crippen molar-refractivity contribution in [3.63, 3.8) is 0 Å². The van der Waals surface area contributed by atoms with Gasteiger partial charge in [0.15, 0.2) is 0 Å². The number of hydrogen-bond donors (Lipinski definition) is 2. The number of unbranched alkanes of at least 4 members (excludes halogenated alkanes) is 1. The molecular formula is C14H17N3O2S. The maximum absolute atomic E-state index is 12.4. The van der Waals surface area contributed by atoms with Gasteiger partial charge in [-0.25, -0.2) is 4.79 Å². The van der Waals surface area contributed by atoms with Crippen LogP contribution in [0.25, 0.3) is 0 Å². The molecular weight excluding hydrogens is 274 g/mol. The van der Waals surface area contributed by atoms with Crippen LogP contribution in [-0.2, 0) is 6.42 Å². The fraction of sp³-hybridized carbons (Fsp3) is 0.357. The molecule has 106 valence electrons. The highest BCUT2D eigenvalue weighted by atomic mass is 32.2. The summed E-state index contributed by atoms with van der Waals surface area (Å²) >= 11 is 1.55. The summed E-state index contributed by atoms with van der Waals surface area (Å²) in [4.78, 5) is 34.2. The zero-order valence-corrected chi connectivity index (χ0v) is 12.3. The number of ketones is 1. The average Bonchev–Trinajstić information content (AvgIpc) is 2.85. The number of carbonyl (C=O) groups excluding carboxylic acids is 1. The Balaban J connectivity index is 2.34. The molecule has 2 rings (SSSR count). The highest BCUT2D eigenvalue weighted by Crippen LogP contribution is 2.17. The normalized spacial score (nSPS) is 10.7. The lowest BCUT2D eigenvalue weighted by atomic mass is 10.1. The van der Waals surface area contributed by atoms with Gasteiger partial charge in [0.2, 0.25) is 5.78 Å². The van der Waals surface area contributed by atoms with Crippen LogP contribution in [-0.4, -0.2) is 27.0 Å². The van der Waals surface area contributed by atoms with E-state index in [-0.39, 0.29) is 11.5 Å². The van der Waals surface area contributed by atoms with Crippen LogP contribution in [0.3, 0.4) is 0 Å². The van der Waals surface area contributed by atoms with Crippen molar-refractivity contribution in [2.75, 3.05) is 6.26 Å². The van der Waals surface area contributed by atoms with E-state index in [0.717, 1.165) is 17.7 Å². The minimum atomic E-state index is -0.347. The maximum Gasteiger partial charge on any atom is 0.323 e.